The topological polar surface area (TPSA) is 26.8 Å². The Morgan fingerprint density at radius 1 is 0.769 bits per heavy atom. The second-order valence-corrected chi connectivity index (χ2v) is 7.22. The van der Waals surface area contributed by atoms with Crippen LogP contribution in [0.2, 0.25) is 0 Å². The van der Waals surface area contributed by atoms with Gasteiger partial charge in [0.15, 0.2) is 0 Å². The molecule has 1 amide bonds. The number of hydrogen-bond donors (Lipinski definition) is 0. The molecule has 2 heterocycles. The maximum absolute atomic E-state index is 12.6. The molecule has 1 saturated heterocycles. The van der Waals surface area contributed by atoms with Crippen LogP contribution < -0.4 is 4.90 Å². The summed E-state index contributed by atoms with van der Waals surface area (Å²) in [7, 11) is 0. The highest BCUT2D eigenvalue weighted by molar-refractivity contribution is 5.96. The summed E-state index contributed by atoms with van der Waals surface area (Å²) in [4.78, 5) is 19.6. The number of carbonyl (C=O) groups is 1. The minimum absolute atomic E-state index is 0.209. The van der Waals surface area contributed by atoms with Crippen LogP contribution in [0.3, 0.4) is 0 Å². The van der Waals surface area contributed by atoms with Crippen molar-refractivity contribution in [1.82, 2.24) is 9.80 Å². The van der Waals surface area contributed by atoms with Crippen molar-refractivity contribution in [2.75, 3.05) is 50.7 Å². The van der Waals surface area contributed by atoms with Crippen LogP contribution in [-0.4, -0.2) is 61.5 Å². The van der Waals surface area contributed by atoms with Gasteiger partial charge in [-0.1, -0.05) is 36.4 Å². The molecule has 26 heavy (non-hydrogen) atoms. The Bertz CT molecular complexity index is 738. The van der Waals surface area contributed by atoms with Crippen LogP contribution in [0.1, 0.15) is 22.3 Å². The molecule has 2 aromatic carbocycles. The molecule has 2 aliphatic rings. The molecule has 4 nitrogen and oxygen atoms in total. The zero-order valence-electron chi connectivity index (χ0n) is 15.3. The highest BCUT2D eigenvalue weighted by Gasteiger charge is 2.23. The predicted molar refractivity (Wildman–Crippen MR) is 106 cm³/mol. The van der Waals surface area contributed by atoms with Crippen molar-refractivity contribution >= 4 is 11.6 Å². The summed E-state index contributed by atoms with van der Waals surface area (Å²) in [6.45, 7) is 7.18. The smallest absolute Gasteiger partial charge is 0.254 e. The first-order valence-corrected chi connectivity index (χ1v) is 9.71. The fourth-order valence-electron chi connectivity index (χ4n) is 4.04. The Morgan fingerprint density at radius 3 is 2.31 bits per heavy atom. The van der Waals surface area contributed by atoms with Gasteiger partial charge < -0.3 is 9.80 Å². The molecule has 0 radical (unpaired) electrons. The predicted octanol–water partition coefficient (Wildman–Crippen LogP) is 2.90. The highest BCUT2D eigenvalue weighted by atomic mass is 16.2. The van der Waals surface area contributed by atoms with Gasteiger partial charge in [0.05, 0.1) is 0 Å². The average molecular weight is 349 g/mol. The summed E-state index contributed by atoms with van der Waals surface area (Å²) in [5.41, 5.74) is 3.42. The molecule has 0 N–H and O–H groups in total. The summed E-state index contributed by atoms with van der Waals surface area (Å²) in [6.07, 6.45) is 2.04. The standard InChI is InChI=1S/C22H27N3O/c26-22-21-10-5-4-7-19(21)11-14-25(22)13-6-12-23-15-17-24(18-16-23)20-8-2-1-3-9-20/h1-5,7-10H,6,11-18H2. The molecule has 0 atom stereocenters. The fourth-order valence-corrected chi connectivity index (χ4v) is 4.04. The normalized spacial score (nSPS) is 18.1. The number of fused-ring (bicyclic) bond motifs is 1. The molecule has 0 unspecified atom stereocenters. The molecule has 0 spiro atoms. The van der Waals surface area contributed by atoms with Gasteiger partial charge in [0, 0.05) is 50.5 Å². The first kappa shape index (κ1) is 17.1. The monoisotopic (exact) mass is 349 g/mol. The van der Waals surface area contributed by atoms with Crippen LogP contribution >= 0.6 is 0 Å². The number of benzene rings is 2. The third-order valence-electron chi connectivity index (χ3n) is 5.58. The zero-order chi connectivity index (χ0) is 17.8. The number of piperazine rings is 1. The molecule has 0 aromatic heterocycles. The van der Waals surface area contributed by atoms with Gasteiger partial charge in [0.1, 0.15) is 0 Å². The minimum Gasteiger partial charge on any atom is -0.369 e. The van der Waals surface area contributed by atoms with Gasteiger partial charge in [-0.3, -0.25) is 9.69 Å². The van der Waals surface area contributed by atoms with Gasteiger partial charge in [-0.05, 0) is 43.1 Å². The molecule has 0 aliphatic carbocycles. The molecule has 1 fully saturated rings. The number of nitrogens with zero attached hydrogens (tertiary/aromatic N) is 3. The van der Waals surface area contributed by atoms with Crippen LogP contribution in [-0.2, 0) is 6.42 Å². The number of para-hydroxylation sites is 1. The molecule has 2 aromatic rings. The Labute approximate surface area is 156 Å². The lowest BCUT2D eigenvalue weighted by Gasteiger charge is -2.36. The molecular formula is C22H27N3O. The Balaban J connectivity index is 1.22. The van der Waals surface area contributed by atoms with Crippen LogP contribution in [0.4, 0.5) is 5.69 Å². The largest absolute Gasteiger partial charge is 0.369 e. The van der Waals surface area contributed by atoms with Crippen LogP contribution in [0.5, 0.6) is 0 Å². The summed E-state index contributed by atoms with van der Waals surface area (Å²) < 4.78 is 0. The van der Waals surface area contributed by atoms with E-state index in [1.165, 1.54) is 11.3 Å². The third-order valence-corrected chi connectivity index (χ3v) is 5.58. The van der Waals surface area contributed by atoms with Crippen LogP contribution in [0.25, 0.3) is 0 Å². The number of anilines is 1. The quantitative estimate of drug-likeness (QED) is 0.830. The summed E-state index contributed by atoms with van der Waals surface area (Å²) >= 11 is 0. The summed E-state index contributed by atoms with van der Waals surface area (Å²) in [5.74, 6) is 0.209. The van der Waals surface area contributed by atoms with Crippen molar-refractivity contribution in [3.8, 4) is 0 Å². The maximum atomic E-state index is 12.6. The van der Waals surface area contributed by atoms with Gasteiger partial charge in [0.25, 0.3) is 5.91 Å². The summed E-state index contributed by atoms with van der Waals surface area (Å²) in [6, 6.07) is 18.7. The Hall–Kier alpha value is -2.33. The molecule has 136 valence electrons. The van der Waals surface area contributed by atoms with Gasteiger partial charge in [-0.25, -0.2) is 0 Å². The van der Waals surface area contributed by atoms with Crippen molar-refractivity contribution in [2.45, 2.75) is 12.8 Å². The first-order chi connectivity index (χ1) is 12.8. The van der Waals surface area contributed by atoms with E-state index in [0.29, 0.717) is 0 Å². The number of carbonyl (C=O) groups excluding carboxylic acids is 1. The van der Waals surface area contributed by atoms with E-state index >= 15 is 0 Å². The van der Waals surface area contributed by atoms with Crippen LogP contribution in [0.15, 0.2) is 54.6 Å². The number of rotatable bonds is 5. The lowest BCUT2D eigenvalue weighted by Crippen LogP contribution is -2.47. The Kier molecular flexibility index (Phi) is 5.21. The average Bonchev–Trinajstić information content (AvgIpc) is 2.71. The molecule has 0 saturated carbocycles. The third kappa shape index (κ3) is 3.75. The molecule has 4 rings (SSSR count). The van der Waals surface area contributed by atoms with Gasteiger partial charge in [-0.2, -0.15) is 0 Å². The lowest BCUT2D eigenvalue weighted by molar-refractivity contribution is 0.0731. The van der Waals surface area contributed by atoms with Crippen LogP contribution in [0, 0.1) is 0 Å². The Morgan fingerprint density at radius 2 is 1.50 bits per heavy atom. The van der Waals surface area contributed by atoms with E-state index < -0.39 is 0 Å². The zero-order valence-corrected chi connectivity index (χ0v) is 15.3. The highest BCUT2D eigenvalue weighted by Crippen LogP contribution is 2.19. The van der Waals surface area contributed by atoms with Gasteiger partial charge in [-0.15, -0.1) is 0 Å². The number of amides is 1. The van der Waals surface area contributed by atoms with E-state index in [4.69, 9.17) is 0 Å². The van der Waals surface area contributed by atoms with Crippen molar-refractivity contribution in [2.24, 2.45) is 0 Å². The van der Waals surface area contributed by atoms with E-state index in [1.807, 2.05) is 23.1 Å². The van der Waals surface area contributed by atoms with E-state index in [-0.39, 0.29) is 5.91 Å². The second-order valence-electron chi connectivity index (χ2n) is 7.22. The molecule has 2 aliphatic heterocycles. The minimum atomic E-state index is 0.209. The molecule has 0 bridgehead atoms. The van der Waals surface area contributed by atoms with Crippen molar-refractivity contribution in [3.05, 3.63) is 65.7 Å². The lowest BCUT2D eigenvalue weighted by atomic mass is 9.99. The summed E-state index contributed by atoms with van der Waals surface area (Å²) in [5, 5.41) is 0. The van der Waals surface area contributed by atoms with E-state index in [2.05, 4.69) is 46.2 Å². The fraction of sp³-hybridized carbons (Fsp3) is 0.409. The van der Waals surface area contributed by atoms with Crippen molar-refractivity contribution < 1.29 is 4.79 Å². The van der Waals surface area contributed by atoms with Crippen molar-refractivity contribution in [1.29, 1.82) is 0 Å². The first-order valence-electron chi connectivity index (χ1n) is 9.71. The van der Waals surface area contributed by atoms with E-state index in [0.717, 1.165) is 64.2 Å². The SMILES string of the molecule is O=C1c2ccccc2CCN1CCCN1CCN(c2ccccc2)CC1. The van der Waals surface area contributed by atoms with Gasteiger partial charge >= 0.3 is 0 Å². The van der Waals surface area contributed by atoms with E-state index in [1.54, 1.807) is 0 Å². The molecular weight excluding hydrogens is 322 g/mol. The van der Waals surface area contributed by atoms with Crippen molar-refractivity contribution in [3.63, 3.8) is 0 Å². The molecule has 4 heteroatoms. The van der Waals surface area contributed by atoms with E-state index in [9.17, 15) is 4.79 Å². The second kappa shape index (κ2) is 7.92. The maximum Gasteiger partial charge on any atom is 0.254 e. The van der Waals surface area contributed by atoms with Gasteiger partial charge in [0.2, 0.25) is 0 Å². The number of hydrogen-bond acceptors (Lipinski definition) is 3.